The first-order valence-electron chi connectivity index (χ1n) is 9.22. The zero-order valence-electron chi connectivity index (χ0n) is 16.3. The molecule has 0 saturated carbocycles. The molecule has 148 valence electrons. The lowest BCUT2D eigenvalue weighted by Crippen LogP contribution is -2.18. The van der Waals surface area contributed by atoms with Gasteiger partial charge < -0.3 is 14.2 Å². The molecule has 28 heavy (non-hydrogen) atoms. The van der Waals surface area contributed by atoms with Gasteiger partial charge in [-0.3, -0.25) is 4.79 Å². The fourth-order valence-corrected chi connectivity index (χ4v) is 2.74. The second-order valence-electron chi connectivity index (χ2n) is 5.87. The van der Waals surface area contributed by atoms with Crippen LogP contribution < -0.4 is 0 Å². The molecule has 0 amide bonds. The van der Waals surface area contributed by atoms with Crippen LogP contribution >= 0.6 is 0 Å². The normalized spacial score (nSPS) is 10.4. The van der Waals surface area contributed by atoms with E-state index in [0.717, 1.165) is 0 Å². The van der Waals surface area contributed by atoms with Crippen molar-refractivity contribution in [3.8, 4) is 0 Å². The van der Waals surface area contributed by atoms with Crippen molar-refractivity contribution in [3.05, 3.63) is 70.8 Å². The van der Waals surface area contributed by atoms with Gasteiger partial charge in [-0.1, -0.05) is 24.3 Å². The average Bonchev–Trinajstić information content (AvgIpc) is 2.70. The largest absolute Gasteiger partial charge is 0.465 e. The van der Waals surface area contributed by atoms with E-state index >= 15 is 0 Å². The molecule has 0 fully saturated rings. The number of ether oxygens (including phenoxy) is 3. The molecule has 0 heterocycles. The molecule has 6 heteroatoms. The van der Waals surface area contributed by atoms with Crippen molar-refractivity contribution in [1.29, 1.82) is 0 Å². The van der Waals surface area contributed by atoms with E-state index in [0.29, 0.717) is 35.5 Å². The Morgan fingerprint density at radius 2 is 1.00 bits per heavy atom. The Morgan fingerprint density at radius 1 is 0.643 bits per heavy atom. The summed E-state index contributed by atoms with van der Waals surface area (Å²) in [4.78, 5) is 36.2. The fourth-order valence-electron chi connectivity index (χ4n) is 2.74. The van der Waals surface area contributed by atoms with Crippen molar-refractivity contribution in [1.82, 2.24) is 0 Å². The van der Waals surface area contributed by atoms with Gasteiger partial charge in [0.2, 0.25) is 0 Å². The second kappa shape index (κ2) is 10.3. The number of hydrogen-bond donors (Lipinski definition) is 0. The molecule has 2 aromatic carbocycles. The molecule has 2 aromatic rings. The van der Waals surface area contributed by atoms with Crippen molar-refractivity contribution in [3.63, 3.8) is 0 Å². The van der Waals surface area contributed by atoms with E-state index in [2.05, 4.69) is 0 Å². The second-order valence-corrected chi connectivity index (χ2v) is 5.87. The topological polar surface area (TPSA) is 78.9 Å². The Bertz CT molecular complexity index is 746. The maximum Gasteiger partial charge on any atom is 0.338 e. The first kappa shape index (κ1) is 21.2. The van der Waals surface area contributed by atoms with Crippen molar-refractivity contribution >= 4 is 17.9 Å². The van der Waals surface area contributed by atoms with Crippen LogP contribution in [0.25, 0.3) is 0 Å². The number of carbonyl (C=O) groups excluding carboxylic acids is 3. The smallest absolute Gasteiger partial charge is 0.338 e. The summed E-state index contributed by atoms with van der Waals surface area (Å²) in [5, 5.41) is 0. The molecule has 0 aliphatic rings. The van der Waals surface area contributed by atoms with E-state index < -0.39 is 23.8 Å². The van der Waals surface area contributed by atoms with Crippen LogP contribution in [0.4, 0.5) is 0 Å². The van der Waals surface area contributed by atoms with Gasteiger partial charge in [0.25, 0.3) is 0 Å². The Balaban J connectivity index is 2.33. The molecule has 0 spiro atoms. The van der Waals surface area contributed by atoms with E-state index in [4.69, 9.17) is 14.2 Å². The van der Waals surface area contributed by atoms with Crippen LogP contribution in [0, 0.1) is 0 Å². The Kier molecular flexibility index (Phi) is 7.75. The summed E-state index contributed by atoms with van der Waals surface area (Å²) in [5.41, 5.74) is 2.17. The minimum Gasteiger partial charge on any atom is -0.465 e. The van der Waals surface area contributed by atoms with Gasteiger partial charge in [0, 0.05) is 0 Å². The summed E-state index contributed by atoms with van der Waals surface area (Å²) in [6.07, 6.45) is 0. The third kappa shape index (κ3) is 5.19. The minimum atomic E-state index is -0.674. The Morgan fingerprint density at radius 3 is 1.32 bits per heavy atom. The molecule has 0 aliphatic carbocycles. The van der Waals surface area contributed by atoms with Crippen LogP contribution in [-0.4, -0.2) is 37.7 Å². The van der Waals surface area contributed by atoms with E-state index in [1.54, 1.807) is 69.3 Å². The molecular weight excluding hydrogens is 360 g/mol. The van der Waals surface area contributed by atoms with Crippen molar-refractivity contribution in [2.45, 2.75) is 26.7 Å². The molecule has 0 aliphatic heterocycles. The third-order valence-electron chi connectivity index (χ3n) is 4.03. The van der Waals surface area contributed by atoms with E-state index in [-0.39, 0.29) is 6.61 Å². The number of benzene rings is 2. The van der Waals surface area contributed by atoms with Gasteiger partial charge in [0.1, 0.15) is 5.92 Å². The van der Waals surface area contributed by atoms with Crippen molar-refractivity contribution < 1.29 is 28.6 Å². The summed E-state index contributed by atoms with van der Waals surface area (Å²) in [7, 11) is 0. The first-order chi connectivity index (χ1) is 13.5. The SMILES string of the molecule is CCOC(=O)c1ccc(C(C(=O)OCC)c2ccc(C(=O)OCC)cc2)cc1. The predicted octanol–water partition coefficient (Wildman–Crippen LogP) is 3.74. The monoisotopic (exact) mass is 384 g/mol. The fraction of sp³-hybridized carbons (Fsp3) is 0.318. The molecule has 0 atom stereocenters. The molecular formula is C22H24O6. The quantitative estimate of drug-likeness (QED) is 0.510. The summed E-state index contributed by atoms with van der Waals surface area (Å²) in [6.45, 7) is 6.05. The highest BCUT2D eigenvalue weighted by atomic mass is 16.5. The Hall–Kier alpha value is -3.15. The van der Waals surface area contributed by atoms with Gasteiger partial charge in [-0.15, -0.1) is 0 Å². The molecule has 2 rings (SSSR count). The highest BCUT2D eigenvalue weighted by Gasteiger charge is 2.25. The molecule has 0 aromatic heterocycles. The maximum absolute atomic E-state index is 12.6. The summed E-state index contributed by atoms with van der Waals surface area (Å²) in [6, 6.07) is 13.3. The standard InChI is InChI=1S/C22H24O6/c1-4-26-20(23)17-11-7-15(8-12-17)19(22(25)28-6-3)16-9-13-18(14-10-16)21(24)27-5-2/h7-14,19H,4-6H2,1-3H3. The van der Waals surface area contributed by atoms with Gasteiger partial charge in [-0.2, -0.15) is 0 Å². The van der Waals surface area contributed by atoms with E-state index in [1.807, 2.05) is 0 Å². The maximum atomic E-state index is 12.6. The summed E-state index contributed by atoms with van der Waals surface area (Å²) < 4.78 is 15.2. The average molecular weight is 384 g/mol. The zero-order valence-corrected chi connectivity index (χ0v) is 16.3. The lowest BCUT2D eigenvalue weighted by Gasteiger charge is -2.17. The highest BCUT2D eigenvalue weighted by Crippen LogP contribution is 2.27. The van der Waals surface area contributed by atoms with Gasteiger partial charge in [-0.25, -0.2) is 9.59 Å². The third-order valence-corrected chi connectivity index (χ3v) is 4.03. The van der Waals surface area contributed by atoms with Crippen LogP contribution in [0.5, 0.6) is 0 Å². The lowest BCUT2D eigenvalue weighted by atomic mass is 9.90. The predicted molar refractivity (Wildman–Crippen MR) is 103 cm³/mol. The van der Waals surface area contributed by atoms with Crippen LogP contribution in [-0.2, 0) is 19.0 Å². The molecule has 6 nitrogen and oxygen atoms in total. The Labute approximate surface area is 164 Å². The zero-order chi connectivity index (χ0) is 20.5. The first-order valence-corrected chi connectivity index (χ1v) is 9.22. The highest BCUT2D eigenvalue weighted by molar-refractivity contribution is 5.91. The van der Waals surface area contributed by atoms with Crippen LogP contribution in [0.2, 0.25) is 0 Å². The molecule has 0 N–H and O–H groups in total. The summed E-state index contributed by atoms with van der Waals surface area (Å²) in [5.74, 6) is -1.91. The van der Waals surface area contributed by atoms with Crippen LogP contribution in [0.15, 0.2) is 48.5 Å². The lowest BCUT2D eigenvalue weighted by molar-refractivity contribution is -0.143. The molecule has 0 saturated heterocycles. The molecule has 0 radical (unpaired) electrons. The van der Waals surface area contributed by atoms with Crippen LogP contribution in [0.1, 0.15) is 58.5 Å². The van der Waals surface area contributed by atoms with Crippen molar-refractivity contribution in [2.75, 3.05) is 19.8 Å². The van der Waals surface area contributed by atoms with E-state index in [1.165, 1.54) is 0 Å². The number of esters is 3. The minimum absolute atomic E-state index is 0.247. The molecule has 0 bridgehead atoms. The number of rotatable bonds is 8. The molecule has 0 unspecified atom stereocenters. The van der Waals surface area contributed by atoms with Gasteiger partial charge in [-0.05, 0) is 56.2 Å². The number of carbonyl (C=O) groups is 3. The van der Waals surface area contributed by atoms with E-state index in [9.17, 15) is 14.4 Å². The van der Waals surface area contributed by atoms with Crippen molar-refractivity contribution in [2.24, 2.45) is 0 Å². The van der Waals surface area contributed by atoms with Gasteiger partial charge >= 0.3 is 17.9 Å². The van der Waals surface area contributed by atoms with Gasteiger partial charge in [0.05, 0.1) is 30.9 Å². The number of hydrogen-bond acceptors (Lipinski definition) is 6. The van der Waals surface area contributed by atoms with Gasteiger partial charge in [0.15, 0.2) is 0 Å². The van der Waals surface area contributed by atoms with Crippen LogP contribution in [0.3, 0.4) is 0 Å². The summed E-state index contributed by atoms with van der Waals surface area (Å²) >= 11 is 0.